The summed E-state index contributed by atoms with van der Waals surface area (Å²) in [5.41, 5.74) is 0. The maximum Gasteiger partial charge on any atom is 0.175 e. The summed E-state index contributed by atoms with van der Waals surface area (Å²) in [5, 5.41) is 3.51. The molecular weight excluding hydrogens is 294 g/mol. The predicted octanol–water partition coefficient (Wildman–Crippen LogP) is 3.22. The first kappa shape index (κ1) is 13.7. The molecule has 3 nitrogen and oxygen atoms in total. The molecule has 0 amide bonds. The second-order valence-electron chi connectivity index (χ2n) is 4.87. The molecule has 100 valence electrons. The molecule has 0 aromatic heterocycles. The van der Waals surface area contributed by atoms with Gasteiger partial charge in [-0.25, -0.2) is 0 Å². The van der Waals surface area contributed by atoms with E-state index in [1.165, 1.54) is 12.8 Å². The Kier molecular flexibility index (Phi) is 4.89. The molecule has 0 aliphatic heterocycles. The van der Waals surface area contributed by atoms with Crippen LogP contribution in [0.5, 0.6) is 11.5 Å². The van der Waals surface area contributed by atoms with E-state index in [1.807, 2.05) is 18.2 Å². The van der Waals surface area contributed by atoms with Crippen molar-refractivity contribution in [1.29, 1.82) is 0 Å². The van der Waals surface area contributed by atoms with E-state index >= 15 is 0 Å². The average Bonchev–Trinajstić information content (AvgIpc) is 3.18. The van der Waals surface area contributed by atoms with Crippen molar-refractivity contribution in [2.45, 2.75) is 25.8 Å². The summed E-state index contributed by atoms with van der Waals surface area (Å²) in [6.45, 7) is 3.90. The predicted molar refractivity (Wildman–Crippen MR) is 76.4 cm³/mol. The van der Waals surface area contributed by atoms with Crippen LogP contribution in [-0.4, -0.2) is 26.3 Å². The maximum absolute atomic E-state index is 5.86. The minimum atomic E-state index is 0.488. The molecule has 1 unspecified atom stereocenters. The zero-order valence-corrected chi connectivity index (χ0v) is 12.5. The fourth-order valence-corrected chi connectivity index (χ4v) is 2.19. The van der Waals surface area contributed by atoms with Crippen LogP contribution in [0.4, 0.5) is 0 Å². The minimum absolute atomic E-state index is 0.488. The molecule has 0 bridgehead atoms. The second-order valence-corrected chi connectivity index (χ2v) is 5.72. The normalized spacial score (nSPS) is 16.4. The standard InChI is InChI=1S/C14H20BrNO2/c1-10(8-16-11-6-7-11)9-18-14-12(15)4-3-5-13(14)17-2/h3-5,10-11,16H,6-9H2,1-2H3. The first-order chi connectivity index (χ1) is 8.70. The highest BCUT2D eigenvalue weighted by atomic mass is 79.9. The summed E-state index contributed by atoms with van der Waals surface area (Å²) in [5.74, 6) is 2.05. The van der Waals surface area contributed by atoms with Gasteiger partial charge in [0.1, 0.15) is 0 Å². The number of hydrogen-bond acceptors (Lipinski definition) is 3. The van der Waals surface area contributed by atoms with Gasteiger partial charge in [-0.05, 0) is 40.9 Å². The zero-order valence-electron chi connectivity index (χ0n) is 10.9. The largest absolute Gasteiger partial charge is 0.493 e. The second kappa shape index (κ2) is 6.43. The van der Waals surface area contributed by atoms with Gasteiger partial charge in [-0.15, -0.1) is 0 Å². The minimum Gasteiger partial charge on any atom is -0.493 e. The van der Waals surface area contributed by atoms with E-state index in [-0.39, 0.29) is 0 Å². The van der Waals surface area contributed by atoms with Crippen molar-refractivity contribution in [3.8, 4) is 11.5 Å². The third kappa shape index (κ3) is 3.89. The first-order valence-corrected chi connectivity index (χ1v) is 7.18. The van der Waals surface area contributed by atoms with Crippen molar-refractivity contribution in [2.75, 3.05) is 20.3 Å². The van der Waals surface area contributed by atoms with Crippen LogP contribution in [0.2, 0.25) is 0 Å². The summed E-state index contributed by atoms with van der Waals surface area (Å²) in [6, 6.07) is 6.57. The molecule has 1 fully saturated rings. The van der Waals surface area contributed by atoms with Crippen molar-refractivity contribution in [2.24, 2.45) is 5.92 Å². The first-order valence-electron chi connectivity index (χ1n) is 6.39. The molecule has 1 aliphatic carbocycles. The van der Waals surface area contributed by atoms with Gasteiger partial charge in [-0.1, -0.05) is 13.0 Å². The molecule has 1 aromatic rings. The van der Waals surface area contributed by atoms with Crippen molar-refractivity contribution in [3.63, 3.8) is 0 Å². The van der Waals surface area contributed by atoms with Crippen LogP contribution in [-0.2, 0) is 0 Å². The summed E-state index contributed by atoms with van der Waals surface area (Å²) in [6.07, 6.45) is 2.65. The Hall–Kier alpha value is -0.740. The van der Waals surface area contributed by atoms with Crippen LogP contribution in [0, 0.1) is 5.92 Å². The lowest BCUT2D eigenvalue weighted by Crippen LogP contribution is -2.26. The number of rotatable bonds is 7. The molecule has 0 saturated heterocycles. The van der Waals surface area contributed by atoms with Crippen LogP contribution in [0.25, 0.3) is 0 Å². The smallest absolute Gasteiger partial charge is 0.175 e. The van der Waals surface area contributed by atoms with Crippen molar-refractivity contribution in [3.05, 3.63) is 22.7 Å². The molecule has 1 aromatic carbocycles. The zero-order chi connectivity index (χ0) is 13.0. The monoisotopic (exact) mass is 313 g/mol. The third-order valence-electron chi connectivity index (χ3n) is 3.00. The van der Waals surface area contributed by atoms with Crippen molar-refractivity contribution in [1.82, 2.24) is 5.32 Å². The van der Waals surface area contributed by atoms with Crippen molar-refractivity contribution < 1.29 is 9.47 Å². The summed E-state index contributed by atoms with van der Waals surface area (Å²) in [7, 11) is 1.66. The number of methoxy groups -OCH3 is 1. The van der Waals surface area contributed by atoms with Gasteiger partial charge >= 0.3 is 0 Å². The number of nitrogens with one attached hydrogen (secondary N) is 1. The van der Waals surface area contributed by atoms with E-state index in [0.29, 0.717) is 12.5 Å². The van der Waals surface area contributed by atoms with E-state index in [0.717, 1.165) is 28.6 Å². The van der Waals surface area contributed by atoms with E-state index in [2.05, 4.69) is 28.2 Å². The Bertz CT molecular complexity index is 393. The molecule has 1 atom stereocenters. The molecule has 0 heterocycles. The Morgan fingerprint density at radius 3 is 2.89 bits per heavy atom. The maximum atomic E-state index is 5.86. The van der Waals surface area contributed by atoms with Gasteiger partial charge < -0.3 is 14.8 Å². The van der Waals surface area contributed by atoms with Crippen LogP contribution in [0.15, 0.2) is 22.7 Å². The molecular formula is C14H20BrNO2. The van der Waals surface area contributed by atoms with Crippen LogP contribution in [0.1, 0.15) is 19.8 Å². The van der Waals surface area contributed by atoms with Crippen LogP contribution >= 0.6 is 15.9 Å². The molecule has 4 heteroatoms. The van der Waals surface area contributed by atoms with Gasteiger partial charge in [0.25, 0.3) is 0 Å². The lowest BCUT2D eigenvalue weighted by molar-refractivity contribution is 0.242. The number of para-hydroxylation sites is 1. The van der Waals surface area contributed by atoms with Crippen LogP contribution < -0.4 is 14.8 Å². The van der Waals surface area contributed by atoms with Gasteiger partial charge in [0.05, 0.1) is 18.2 Å². The van der Waals surface area contributed by atoms with Gasteiger partial charge in [0, 0.05) is 18.5 Å². The van der Waals surface area contributed by atoms with Gasteiger partial charge in [-0.2, -0.15) is 0 Å². The van der Waals surface area contributed by atoms with E-state index in [1.54, 1.807) is 7.11 Å². The number of benzene rings is 1. The lowest BCUT2D eigenvalue weighted by Gasteiger charge is -2.16. The van der Waals surface area contributed by atoms with Crippen LogP contribution in [0.3, 0.4) is 0 Å². The lowest BCUT2D eigenvalue weighted by atomic mass is 10.2. The number of ether oxygens (including phenoxy) is 2. The molecule has 0 radical (unpaired) electrons. The topological polar surface area (TPSA) is 30.5 Å². The highest BCUT2D eigenvalue weighted by Crippen LogP contribution is 2.35. The van der Waals surface area contributed by atoms with E-state index in [9.17, 15) is 0 Å². The average molecular weight is 314 g/mol. The number of hydrogen-bond donors (Lipinski definition) is 1. The Balaban J connectivity index is 1.84. The third-order valence-corrected chi connectivity index (χ3v) is 3.62. The molecule has 2 rings (SSSR count). The Morgan fingerprint density at radius 1 is 1.44 bits per heavy atom. The molecule has 1 saturated carbocycles. The van der Waals surface area contributed by atoms with Crippen molar-refractivity contribution >= 4 is 15.9 Å². The molecule has 1 aliphatic rings. The fourth-order valence-electron chi connectivity index (χ4n) is 1.73. The molecule has 18 heavy (non-hydrogen) atoms. The van der Waals surface area contributed by atoms with Gasteiger partial charge in [0.2, 0.25) is 0 Å². The molecule has 0 spiro atoms. The summed E-state index contributed by atoms with van der Waals surface area (Å²) < 4.78 is 12.1. The van der Waals surface area contributed by atoms with Gasteiger partial charge in [-0.3, -0.25) is 0 Å². The molecule has 1 N–H and O–H groups in total. The Labute approximate surface area is 117 Å². The summed E-state index contributed by atoms with van der Waals surface area (Å²) in [4.78, 5) is 0. The van der Waals surface area contributed by atoms with E-state index in [4.69, 9.17) is 9.47 Å². The SMILES string of the molecule is COc1cccc(Br)c1OCC(C)CNC1CC1. The Morgan fingerprint density at radius 2 is 2.22 bits per heavy atom. The fraction of sp³-hybridized carbons (Fsp3) is 0.571. The van der Waals surface area contributed by atoms with E-state index < -0.39 is 0 Å². The summed E-state index contributed by atoms with van der Waals surface area (Å²) >= 11 is 3.49. The van der Waals surface area contributed by atoms with Gasteiger partial charge in [0.15, 0.2) is 11.5 Å². The number of halogens is 1. The highest BCUT2D eigenvalue weighted by Gasteiger charge is 2.21. The highest BCUT2D eigenvalue weighted by molar-refractivity contribution is 9.10. The quantitative estimate of drug-likeness (QED) is 0.838.